The Kier molecular flexibility index (Phi) is 5.86. The number of aryl methyl sites for hydroxylation is 1. The van der Waals surface area contributed by atoms with Crippen LogP contribution in [-0.4, -0.2) is 32.3 Å². The van der Waals surface area contributed by atoms with Crippen molar-refractivity contribution < 1.29 is 4.74 Å². The van der Waals surface area contributed by atoms with E-state index in [1.165, 1.54) is 29.7 Å². The summed E-state index contributed by atoms with van der Waals surface area (Å²) >= 11 is 0. The summed E-state index contributed by atoms with van der Waals surface area (Å²) in [6.45, 7) is 11.0. The van der Waals surface area contributed by atoms with Gasteiger partial charge in [-0.05, 0) is 50.8 Å². The van der Waals surface area contributed by atoms with Gasteiger partial charge in [-0.2, -0.15) is 0 Å². The molecule has 3 nitrogen and oxygen atoms in total. The van der Waals surface area contributed by atoms with E-state index in [1.807, 2.05) is 6.92 Å². The second kappa shape index (κ2) is 7.65. The number of benzene rings is 1. The molecule has 112 valence electrons. The van der Waals surface area contributed by atoms with Crippen LogP contribution in [0.25, 0.3) is 0 Å². The number of anilines is 1. The van der Waals surface area contributed by atoms with Crippen molar-refractivity contribution in [1.82, 2.24) is 5.32 Å². The molecule has 1 aliphatic rings. The normalized spacial score (nSPS) is 14.6. The lowest BCUT2D eigenvalue weighted by Gasteiger charge is -2.25. The van der Waals surface area contributed by atoms with Gasteiger partial charge in [0.05, 0.1) is 6.61 Å². The Labute approximate surface area is 123 Å². The van der Waals surface area contributed by atoms with Gasteiger partial charge in [-0.15, -0.1) is 0 Å². The first-order valence-electron chi connectivity index (χ1n) is 7.90. The first-order valence-corrected chi connectivity index (χ1v) is 7.90. The molecule has 1 aliphatic carbocycles. The van der Waals surface area contributed by atoms with Crippen LogP contribution in [0.15, 0.2) is 18.2 Å². The highest BCUT2D eigenvalue weighted by atomic mass is 16.5. The molecule has 1 saturated carbocycles. The van der Waals surface area contributed by atoms with E-state index in [0.29, 0.717) is 0 Å². The fourth-order valence-electron chi connectivity index (χ4n) is 2.50. The molecule has 3 heteroatoms. The van der Waals surface area contributed by atoms with Crippen molar-refractivity contribution in [3.8, 4) is 0 Å². The molecule has 20 heavy (non-hydrogen) atoms. The zero-order chi connectivity index (χ0) is 14.4. The lowest BCUT2D eigenvalue weighted by Crippen LogP contribution is -2.28. The molecule has 0 unspecified atom stereocenters. The molecular formula is C17H28N2O. The van der Waals surface area contributed by atoms with Gasteiger partial charge in [0, 0.05) is 38.0 Å². The van der Waals surface area contributed by atoms with Gasteiger partial charge in [0.1, 0.15) is 0 Å². The molecule has 0 radical (unpaired) electrons. The maximum Gasteiger partial charge on any atom is 0.0641 e. The smallest absolute Gasteiger partial charge is 0.0641 e. The van der Waals surface area contributed by atoms with Crippen LogP contribution in [-0.2, 0) is 11.3 Å². The van der Waals surface area contributed by atoms with Crippen molar-refractivity contribution in [3.63, 3.8) is 0 Å². The summed E-state index contributed by atoms with van der Waals surface area (Å²) < 4.78 is 5.47. The van der Waals surface area contributed by atoms with Gasteiger partial charge in [0.2, 0.25) is 0 Å². The number of nitrogens with one attached hydrogen (secondary N) is 1. The number of ether oxygens (including phenoxy) is 1. The molecular weight excluding hydrogens is 248 g/mol. The Morgan fingerprint density at radius 3 is 2.70 bits per heavy atom. The van der Waals surface area contributed by atoms with Crippen LogP contribution < -0.4 is 10.2 Å². The molecule has 0 spiro atoms. The summed E-state index contributed by atoms with van der Waals surface area (Å²) in [4.78, 5) is 2.39. The number of hydrogen-bond acceptors (Lipinski definition) is 3. The molecule has 2 rings (SSSR count). The Balaban J connectivity index is 1.94. The number of likely N-dealkylation sites (N-methyl/N-ethyl adjacent to an activating group) is 1. The van der Waals surface area contributed by atoms with Gasteiger partial charge in [0.15, 0.2) is 0 Å². The summed E-state index contributed by atoms with van der Waals surface area (Å²) in [5, 5.41) is 3.57. The van der Waals surface area contributed by atoms with Crippen LogP contribution in [0.3, 0.4) is 0 Å². The fourth-order valence-corrected chi connectivity index (χ4v) is 2.50. The Bertz CT molecular complexity index is 415. The zero-order valence-electron chi connectivity index (χ0n) is 13.1. The van der Waals surface area contributed by atoms with Gasteiger partial charge in [0.25, 0.3) is 0 Å². The predicted octanol–water partition coefficient (Wildman–Crippen LogP) is 3.11. The van der Waals surface area contributed by atoms with Crippen molar-refractivity contribution in [2.75, 3.05) is 31.2 Å². The number of nitrogens with zero attached hydrogens (tertiary/aromatic N) is 1. The van der Waals surface area contributed by atoms with Gasteiger partial charge in [-0.3, -0.25) is 0 Å². The molecule has 1 aromatic carbocycles. The van der Waals surface area contributed by atoms with Crippen LogP contribution >= 0.6 is 0 Å². The first-order chi connectivity index (χ1) is 9.74. The number of rotatable bonds is 9. The molecule has 0 bridgehead atoms. The summed E-state index contributed by atoms with van der Waals surface area (Å²) in [7, 11) is 0. The van der Waals surface area contributed by atoms with E-state index in [-0.39, 0.29) is 0 Å². The Morgan fingerprint density at radius 1 is 1.30 bits per heavy atom. The lowest BCUT2D eigenvalue weighted by atomic mass is 10.1. The molecule has 0 aliphatic heterocycles. The highest BCUT2D eigenvalue weighted by molar-refractivity contribution is 5.54. The minimum Gasteiger partial charge on any atom is -0.380 e. The summed E-state index contributed by atoms with van der Waals surface area (Å²) in [5.41, 5.74) is 4.08. The molecule has 0 atom stereocenters. The van der Waals surface area contributed by atoms with E-state index in [0.717, 1.165) is 38.9 Å². The van der Waals surface area contributed by atoms with Crippen molar-refractivity contribution in [2.24, 2.45) is 0 Å². The largest absolute Gasteiger partial charge is 0.380 e. The standard InChI is InChI=1S/C17H28N2O/c1-4-19(10-11-20-5-2)17-9-6-15(12-14(17)3)13-18-16-7-8-16/h6,9,12,16,18H,4-5,7-8,10-11,13H2,1-3H3. The fraction of sp³-hybridized carbons (Fsp3) is 0.647. The highest BCUT2D eigenvalue weighted by Crippen LogP contribution is 2.23. The zero-order valence-corrected chi connectivity index (χ0v) is 13.1. The third-order valence-corrected chi connectivity index (χ3v) is 3.87. The molecule has 1 N–H and O–H groups in total. The van der Waals surface area contributed by atoms with Crippen LogP contribution in [0.5, 0.6) is 0 Å². The van der Waals surface area contributed by atoms with Crippen molar-refractivity contribution >= 4 is 5.69 Å². The summed E-state index contributed by atoms with van der Waals surface area (Å²) in [5.74, 6) is 0. The van der Waals surface area contributed by atoms with Crippen LogP contribution in [0, 0.1) is 6.92 Å². The van der Waals surface area contributed by atoms with E-state index in [4.69, 9.17) is 4.74 Å². The highest BCUT2D eigenvalue weighted by Gasteiger charge is 2.20. The molecule has 0 aromatic heterocycles. The maximum atomic E-state index is 5.47. The predicted molar refractivity (Wildman–Crippen MR) is 85.4 cm³/mol. The van der Waals surface area contributed by atoms with E-state index >= 15 is 0 Å². The molecule has 0 amide bonds. The number of hydrogen-bond donors (Lipinski definition) is 1. The van der Waals surface area contributed by atoms with Gasteiger partial charge in [-0.25, -0.2) is 0 Å². The third-order valence-electron chi connectivity index (χ3n) is 3.87. The molecule has 0 heterocycles. The van der Waals surface area contributed by atoms with E-state index < -0.39 is 0 Å². The van der Waals surface area contributed by atoms with Crippen LogP contribution in [0.1, 0.15) is 37.8 Å². The van der Waals surface area contributed by atoms with E-state index in [2.05, 4.69) is 42.3 Å². The average molecular weight is 276 g/mol. The molecule has 1 aromatic rings. The van der Waals surface area contributed by atoms with Crippen molar-refractivity contribution in [1.29, 1.82) is 0 Å². The molecule has 1 fully saturated rings. The maximum absolute atomic E-state index is 5.47. The molecule has 0 saturated heterocycles. The SMILES string of the molecule is CCOCCN(CC)c1ccc(CNC2CC2)cc1C. The first kappa shape index (κ1) is 15.3. The van der Waals surface area contributed by atoms with Crippen molar-refractivity contribution in [3.05, 3.63) is 29.3 Å². The van der Waals surface area contributed by atoms with Gasteiger partial charge >= 0.3 is 0 Å². The third kappa shape index (κ3) is 4.50. The quantitative estimate of drug-likeness (QED) is 0.701. The second-order valence-electron chi connectivity index (χ2n) is 5.55. The van der Waals surface area contributed by atoms with Crippen LogP contribution in [0.2, 0.25) is 0 Å². The minimum atomic E-state index is 0.772. The van der Waals surface area contributed by atoms with E-state index in [1.54, 1.807) is 0 Å². The Hall–Kier alpha value is -1.06. The monoisotopic (exact) mass is 276 g/mol. The summed E-state index contributed by atoms with van der Waals surface area (Å²) in [6.07, 6.45) is 2.69. The topological polar surface area (TPSA) is 24.5 Å². The minimum absolute atomic E-state index is 0.772. The van der Waals surface area contributed by atoms with Crippen molar-refractivity contribution in [2.45, 2.75) is 46.2 Å². The average Bonchev–Trinajstić information content (AvgIpc) is 3.27. The van der Waals surface area contributed by atoms with E-state index in [9.17, 15) is 0 Å². The Morgan fingerprint density at radius 2 is 2.10 bits per heavy atom. The van der Waals surface area contributed by atoms with Gasteiger partial charge in [-0.1, -0.05) is 12.1 Å². The van der Waals surface area contributed by atoms with Crippen LogP contribution in [0.4, 0.5) is 5.69 Å². The summed E-state index contributed by atoms with van der Waals surface area (Å²) in [6, 6.07) is 7.59. The lowest BCUT2D eigenvalue weighted by molar-refractivity contribution is 0.154. The van der Waals surface area contributed by atoms with Gasteiger partial charge < -0.3 is 15.0 Å². The second-order valence-corrected chi connectivity index (χ2v) is 5.55.